The van der Waals surface area contributed by atoms with Crippen LogP contribution >= 0.6 is 0 Å². The first-order chi connectivity index (χ1) is 8.31. The highest BCUT2D eigenvalue weighted by molar-refractivity contribution is 5.22. The van der Waals surface area contributed by atoms with Gasteiger partial charge in [0.1, 0.15) is 0 Å². The van der Waals surface area contributed by atoms with Crippen molar-refractivity contribution in [3.63, 3.8) is 0 Å². The van der Waals surface area contributed by atoms with Crippen LogP contribution in [0, 0.1) is 0 Å². The highest BCUT2D eigenvalue weighted by atomic mass is 16.5. The second-order valence-corrected chi connectivity index (χ2v) is 4.63. The molecule has 94 valence electrons. The minimum Gasteiger partial charge on any atom is -0.374 e. The summed E-state index contributed by atoms with van der Waals surface area (Å²) in [6.07, 6.45) is 1.31. The predicted molar refractivity (Wildman–Crippen MR) is 69.9 cm³/mol. The van der Waals surface area contributed by atoms with E-state index in [1.165, 1.54) is 11.1 Å². The third-order valence-electron chi connectivity index (χ3n) is 3.32. The van der Waals surface area contributed by atoms with E-state index in [-0.39, 0.29) is 6.10 Å². The van der Waals surface area contributed by atoms with Crippen LogP contribution in [-0.2, 0) is 17.7 Å². The molecule has 17 heavy (non-hydrogen) atoms. The molecule has 3 nitrogen and oxygen atoms in total. The van der Waals surface area contributed by atoms with Crippen LogP contribution in [0.3, 0.4) is 0 Å². The Morgan fingerprint density at radius 1 is 1.29 bits per heavy atom. The van der Waals surface area contributed by atoms with E-state index in [2.05, 4.69) is 36.1 Å². The zero-order chi connectivity index (χ0) is 12.1. The van der Waals surface area contributed by atoms with E-state index in [1.54, 1.807) is 0 Å². The average Bonchev–Trinajstić information content (AvgIpc) is 2.40. The van der Waals surface area contributed by atoms with Crippen LogP contribution in [-0.4, -0.2) is 37.2 Å². The molecule has 0 bridgehead atoms. The maximum absolute atomic E-state index is 5.65. The number of ether oxygens (including phenoxy) is 1. The highest BCUT2D eigenvalue weighted by Crippen LogP contribution is 2.11. The lowest BCUT2D eigenvalue weighted by atomic mass is 10.1. The lowest BCUT2D eigenvalue weighted by molar-refractivity contribution is -0.0260. The number of hydrogen-bond acceptors (Lipinski definition) is 3. The third kappa shape index (κ3) is 3.53. The number of rotatable bonds is 4. The first-order valence-corrected chi connectivity index (χ1v) is 6.43. The SMILES string of the molecule is CCc1ccc(CN2CCOC(CN)C2)cc1. The van der Waals surface area contributed by atoms with E-state index in [0.717, 1.165) is 32.7 Å². The van der Waals surface area contributed by atoms with Crippen LogP contribution in [0.2, 0.25) is 0 Å². The van der Waals surface area contributed by atoms with Crippen LogP contribution in [0.1, 0.15) is 18.1 Å². The minimum absolute atomic E-state index is 0.207. The zero-order valence-corrected chi connectivity index (χ0v) is 10.6. The molecule has 1 aromatic rings. The van der Waals surface area contributed by atoms with Gasteiger partial charge < -0.3 is 10.5 Å². The number of nitrogens with two attached hydrogens (primary N) is 1. The predicted octanol–water partition coefficient (Wildman–Crippen LogP) is 1.41. The summed E-state index contributed by atoms with van der Waals surface area (Å²) in [6.45, 7) is 6.56. The summed E-state index contributed by atoms with van der Waals surface area (Å²) in [6, 6.07) is 8.89. The average molecular weight is 234 g/mol. The summed E-state index contributed by atoms with van der Waals surface area (Å²) in [7, 11) is 0. The molecule has 1 aliphatic heterocycles. The van der Waals surface area contributed by atoms with Gasteiger partial charge in [-0.25, -0.2) is 0 Å². The molecule has 2 rings (SSSR count). The topological polar surface area (TPSA) is 38.5 Å². The van der Waals surface area contributed by atoms with Gasteiger partial charge in [0, 0.05) is 26.2 Å². The van der Waals surface area contributed by atoms with Gasteiger partial charge in [0.2, 0.25) is 0 Å². The fourth-order valence-corrected chi connectivity index (χ4v) is 2.21. The van der Waals surface area contributed by atoms with E-state index in [4.69, 9.17) is 10.5 Å². The van der Waals surface area contributed by atoms with Crippen molar-refractivity contribution in [3.8, 4) is 0 Å². The van der Waals surface area contributed by atoms with E-state index < -0.39 is 0 Å². The molecular weight excluding hydrogens is 212 g/mol. The van der Waals surface area contributed by atoms with Gasteiger partial charge in [-0.2, -0.15) is 0 Å². The molecule has 1 fully saturated rings. The summed E-state index contributed by atoms with van der Waals surface area (Å²) in [5.74, 6) is 0. The van der Waals surface area contributed by atoms with Gasteiger partial charge >= 0.3 is 0 Å². The van der Waals surface area contributed by atoms with Crippen LogP contribution in [0.25, 0.3) is 0 Å². The third-order valence-corrected chi connectivity index (χ3v) is 3.32. The molecular formula is C14H22N2O. The molecule has 1 aromatic carbocycles. The molecule has 1 heterocycles. The maximum Gasteiger partial charge on any atom is 0.0824 e. The number of benzene rings is 1. The Labute approximate surface area is 104 Å². The second kappa shape index (κ2) is 6.15. The van der Waals surface area contributed by atoms with Crippen LogP contribution in [0.5, 0.6) is 0 Å². The second-order valence-electron chi connectivity index (χ2n) is 4.63. The van der Waals surface area contributed by atoms with Gasteiger partial charge in [-0.05, 0) is 17.5 Å². The zero-order valence-electron chi connectivity index (χ0n) is 10.6. The Balaban J connectivity index is 1.90. The van der Waals surface area contributed by atoms with Crippen molar-refractivity contribution in [2.45, 2.75) is 26.0 Å². The van der Waals surface area contributed by atoms with Gasteiger partial charge in [0.05, 0.1) is 12.7 Å². The summed E-state index contributed by atoms with van der Waals surface area (Å²) in [5, 5.41) is 0. The van der Waals surface area contributed by atoms with Gasteiger partial charge in [-0.1, -0.05) is 31.2 Å². The molecule has 0 amide bonds. The fourth-order valence-electron chi connectivity index (χ4n) is 2.21. The minimum atomic E-state index is 0.207. The molecule has 1 aliphatic rings. The molecule has 0 aliphatic carbocycles. The van der Waals surface area contributed by atoms with Crippen molar-refractivity contribution in [1.82, 2.24) is 4.90 Å². The summed E-state index contributed by atoms with van der Waals surface area (Å²) >= 11 is 0. The van der Waals surface area contributed by atoms with Gasteiger partial charge in [0.25, 0.3) is 0 Å². The Hall–Kier alpha value is -0.900. The first kappa shape index (κ1) is 12.6. The quantitative estimate of drug-likeness (QED) is 0.856. The molecule has 0 spiro atoms. The smallest absolute Gasteiger partial charge is 0.0824 e. The Kier molecular flexibility index (Phi) is 4.54. The number of hydrogen-bond donors (Lipinski definition) is 1. The molecule has 2 N–H and O–H groups in total. The van der Waals surface area contributed by atoms with E-state index in [1.807, 2.05) is 0 Å². The van der Waals surface area contributed by atoms with Crippen molar-refractivity contribution in [3.05, 3.63) is 35.4 Å². The maximum atomic E-state index is 5.65. The number of aryl methyl sites for hydroxylation is 1. The standard InChI is InChI=1S/C14H22N2O/c1-2-12-3-5-13(6-4-12)10-16-7-8-17-14(9-15)11-16/h3-6,14H,2,7-11,15H2,1H3. The molecule has 3 heteroatoms. The van der Waals surface area contributed by atoms with Gasteiger partial charge in [-0.15, -0.1) is 0 Å². The van der Waals surface area contributed by atoms with Crippen molar-refractivity contribution in [2.24, 2.45) is 5.73 Å². The van der Waals surface area contributed by atoms with Crippen molar-refractivity contribution >= 4 is 0 Å². The molecule has 1 unspecified atom stereocenters. The van der Waals surface area contributed by atoms with Crippen LogP contribution in [0.4, 0.5) is 0 Å². The summed E-state index contributed by atoms with van der Waals surface area (Å²) < 4.78 is 5.56. The van der Waals surface area contributed by atoms with Crippen molar-refractivity contribution in [2.75, 3.05) is 26.2 Å². The number of nitrogens with zero attached hydrogens (tertiary/aromatic N) is 1. The van der Waals surface area contributed by atoms with Gasteiger partial charge in [0.15, 0.2) is 0 Å². The monoisotopic (exact) mass is 234 g/mol. The molecule has 0 radical (unpaired) electrons. The molecule has 0 saturated carbocycles. The summed E-state index contributed by atoms with van der Waals surface area (Å²) in [5.41, 5.74) is 8.42. The van der Waals surface area contributed by atoms with E-state index in [0.29, 0.717) is 6.54 Å². The lowest BCUT2D eigenvalue weighted by Gasteiger charge is -2.32. The van der Waals surface area contributed by atoms with Crippen LogP contribution in [0.15, 0.2) is 24.3 Å². The first-order valence-electron chi connectivity index (χ1n) is 6.43. The van der Waals surface area contributed by atoms with Crippen LogP contribution < -0.4 is 5.73 Å². The molecule has 1 saturated heterocycles. The molecule has 0 aromatic heterocycles. The fraction of sp³-hybridized carbons (Fsp3) is 0.571. The lowest BCUT2D eigenvalue weighted by Crippen LogP contribution is -2.45. The normalized spacial score (nSPS) is 21.6. The van der Waals surface area contributed by atoms with E-state index >= 15 is 0 Å². The van der Waals surface area contributed by atoms with E-state index in [9.17, 15) is 0 Å². The largest absolute Gasteiger partial charge is 0.374 e. The van der Waals surface area contributed by atoms with Gasteiger partial charge in [-0.3, -0.25) is 4.90 Å². The Morgan fingerprint density at radius 2 is 2.00 bits per heavy atom. The molecule has 1 atom stereocenters. The Bertz CT molecular complexity index is 337. The summed E-state index contributed by atoms with van der Waals surface area (Å²) in [4.78, 5) is 2.42. The highest BCUT2D eigenvalue weighted by Gasteiger charge is 2.18. The van der Waals surface area contributed by atoms with Crippen molar-refractivity contribution < 1.29 is 4.74 Å². The Morgan fingerprint density at radius 3 is 2.65 bits per heavy atom. The number of morpholine rings is 1. The van der Waals surface area contributed by atoms with Crippen molar-refractivity contribution in [1.29, 1.82) is 0 Å².